The van der Waals surface area contributed by atoms with Crippen molar-refractivity contribution in [1.29, 1.82) is 0 Å². The number of hydrogen-bond acceptors (Lipinski definition) is 8. The fraction of sp³-hybridized carbons (Fsp3) is 0.385. The molecule has 0 unspecified atom stereocenters. The third-order valence-corrected chi connectivity index (χ3v) is 4.54. The second-order valence-electron chi connectivity index (χ2n) is 4.55. The van der Waals surface area contributed by atoms with E-state index in [0.29, 0.717) is 4.90 Å². The molecule has 9 nitrogen and oxygen atoms in total. The Kier molecular flexibility index (Phi) is 8.54. The molecule has 0 aliphatic rings. The smallest absolute Gasteiger partial charge is 0.313 e. The van der Waals surface area contributed by atoms with Gasteiger partial charge in [0.25, 0.3) is 5.69 Å². The van der Waals surface area contributed by atoms with Crippen LogP contribution in [-0.4, -0.2) is 62.1 Å². The highest BCUT2D eigenvalue weighted by molar-refractivity contribution is 8.00. The summed E-state index contributed by atoms with van der Waals surface area (Å²) in [5.74, 6) is -1.69. The molecule has 1 aromatic carbocycles. The van der Waals surface area contributed by atoms with Gasteiger partial charge in [-0.05, 0) is 6.07 Å². The number of amides is 1. The lowest BCUT2D eigenvalue weighted by molar-refractivity contribution is -0.385. The predicted octanol–water partition coefficient (Wildman–Crippen LogP) is 0.796. The lowest BCUT2D eigenvalue weighted by Crippen LogP contribution is -2.16. The first-order valence-electron chi connectivity index (χ1n) is 6.62. The average molecular weight is 376 g/mol. The Morgan fingerprint density at radius 1 is 1.29 bits per heavy atom. The number of nitro groups is 1. The summed E-state index contributed by atoms with van der Waals surface area (Å²) in [7, 11) is 0. The van der Waals surface area contributed by atoms with Gasteiger partial charge in [0.2, 0.25) is 5.91 Å². The van der Waals surface area contributed by atoms with Crippen LogP contribution in [0.2, 0.25) is 0 Å². The molecule has 0 radical (unpaired) electrons. The molecule has 1 aromatic rings. The van der Waals surface area contributed by atoms with E-state index in [-0.39, 0.29) is 28.6 Å². The van der Waals surface area contributed by atoms with Crippen molar-refractivity contribution in [3.05, 3.63) is 28.3 Å². The molecule has 0 saturated carbocycles. The first kappa shape index (κ1) is 20.2. The van der Waals surface area contributed by atoms with Crippen LogP contribution < -0.4 is 5.32 Å². The number of thioether (sulfide) groups is 2. The van der Waals surface area contributed by atoms with E-state index in [1.54, 1.807) is 0 Å². The van der Waals surface area contributed by atoms with Crippen LogP contribution in [0.5, 0.6) is 0 Å². The Balaban J connectivity index is 2.77. The van der Waals surface area contributed by atoms with Crippen LogP contribution in [0.3, 0.4) is 0 Å². The summed E-state index contributed by atoms with van der Waals surface area (Å²) in [6.07, 6.45) is -0.959. The number of carbonyl (C=O) groups is 2. The zero-order valence-electron chi connectivity index (χ0n) is 12.4. The SMILES string of the molecule is O=C(O)CSCC(=O)Nc1cc(SC[C@H](O)CO)cc([N+](=O)[O-])c1. The third-order valence-electron chi connectivity index (χ3n) is 2.50. The number of nitrogens with zero attached hydrogens (tertiary/aromatic N) is 1. The molecule has 0 saturated heterocycles. The topological polar surface area (TPSA) is 150 Å². The molecular formula is C13H16N2O7S2. The number of non-ortho nitro benzene ring substituents is 1. The van der Waals surface area contributed by atoms with E-state index in [0.717, 1.165) is 23.5 Å². The van der Waals surface area contributed by atoms with Crippen molar-refractivity contribution in [3.63, 3.8) is 0 Å². The van der Waals surface area contributed by atoms with Crippen LogP contribution in [0.4, 0.5) is 11.4 Å². The first-order valence-corrected chi connectivity index (χ1v) is 8.76. The standard InChI is InChI=1S/C13H16N2O7S2/c16-4-10(17)5-24-11-2-8(1-9(3-11)15(21)22)14-12(18)6-23-7-13(19)20/h1-3,10,16-17H,4-7H2,(H,14,18)(H,19,20)/t10-/m1/s1. The maximum Gasteiger partial charge on any atom is 0.313 e. The zero-order chi connectivity index (χ0) is 18.1. The molecule has 11 heteroatoms. The van der Waals surface area contributed by atoms with Crippen molar-refractivity contribution >= 4 is 46.8 Å². The second kappa shape index (κ2) is 10.1. The number of carboxylic acids is 1. The van der Waals surface area contributed by atoms with Crippen LogP contribution in [0, 0.1) is 10.1 Å². The van der Waals surface area contributed by atoms with Crippen molar-refractivity contribution in [2.75, 3.05) is 29.2 Å². The quantitative estimate of drug-likeness (QED) is 0.264. The Morgan fingerprint density at radius 3 is 2.58 bits per heavy atom. The Labute approximate surface area is 145 Å². The van der Waals surface area contributed by atoms with Gasteiger partial charge in [-0.2, -0.15) is 0 Å². The van der Waals surface area contributed by atoms with Crippen LogP contribution in [0.1, 0.15) is 0 Å². The van der Waals surface area contributed by atoms with Gasteiger partial charge in [-0.15, -0.1) is 23.5 Å². The van der Waals surface area contributed by atoms with Gasteiger partial charge in [0.15, 0.2) is 0 Å². The van der Waals surface area contributed by atoms with E-state index in [1.807, 2.05) is 0 Å². The summed E-state index contributed by atoms with van der Waals surface area (Å²) in [5.41, 5.74) is -0.0295. The lowest BCUT2D eigenvalue weighted by Gasteiger charge is -2.09. The number of nitrogens with one attached hydrogen (secondary N) is 1. The Morgan fingerprint density at radius 2 is 2.00 bits per heavy atom. The average Bonchev–Trinajstić information content (AvgIpc) is 2.51. The van der Waals surface area contributed by atoms with Crippen LogP contribution in [0.25, 0.3) is 0 Å². The molecule has 1 amide bonds. The van der Waals surface area contributed by atoms with Crippen LogP contribution in [-0.2, 0) is 9.59 Å². The molecule has 24 heavy (non-hydrogen) atoms. The molecule has 1 rings (SSSR count). The largest absolute Gasteiger partial charge is 0.481 e. The molecule has 0 aliphatic carbocycles. The molecule has 0 spiro atoms. The molecule has 0 aromatic heterocycles. The number of carbonyl (C=O) groups excluding carboxylic acids is 1. The van der Waals surface area contributed by atoms with E-state index in [2.05, 4.69) is 5.32 Å². The third kappa shape index (κ3) is 7.64. The predicted molar refractivity (Wildman–Crippen MR) is 90.5 cm³/mol. The Hall–Kier alpha value is -1.82. The molecule has 0 fully saturated rings. The van der Waals surface area contributed by atoms with Gasteiger partial charge in [0.1, 0.15) is 0 Å². The minimum Gasteiger partial charge on any atom is -0.481 e. The summed E-state index contributed by atoms with van der Waals surface area (Å²) >= 11 is 2.01. The number of benzene rings is 1. The van der Waals surface area contributed by atoms with E-state index in [9.17, 15) is 24.8 Å². The summed E-state index contributed by atoms with van der Waals surface area (Å²) in [5, 5.41) is 40.0. The number of aliphatic carboxylic acids is 1. The van der Waals surface area contributed by atoms with E-state index in [1.165, 1.54) is 18.2 Å². The maximum atomic E-state index is 11.7. The second-order valence-corrected chi connectivity index (χ2v) is 6.63. The molecule has 132 valence electrons. The highest BCUT2D eigenvalue weighted by Gasteiger charge is 2.13. The summed E-state index contributed by atoms with van der Waals surface area (Å²) in [4.78, 5) is 32.9. The first-order chi connectivity index (χ1) is 11.3. The van der Waals surface area contributed by atoms with Crippen LogP contribution >= 0.6 is 23.5 Å². The van der Waals surface area contributed by atoms with Gasteiger partial charge in [0, 0.05) is 28.5 Å². The minimum atomic E-state index is -1.04. The van der Waals surface area contributed by atoms with Crippen molar-refractivity contribution in [2.24, 2.45) is 0 Å². The van der Waals surface area contributed by atoms with Gasteiger partial charge >= 0.3 is 5.97 Å². The number of aliphatic hydroxyl groups is 2. The van der Waals surface area contributed by atoms with Gasteiger partial charge in [0.05, 0.1) is 29.1 Å². The number of hydrogen-bond donors (Lipinski definition) is 4. The number of carboxylic acid groups (broad SMARTS) is 1. The molecule has 0 aliphatic heterocycles. The van der Waals surface area contributed by atoms with E-state index >= 15 is 0 Å². The van der Waals surface area contributed by atoms with Gasteiger partial charge in [-0.3, -0.25) is 19.7 Å². The summed E-state index contributed by atoms with van der Waals surface area (Å²) in [6, 6.07) is 3.98. The fourth-order valence-corrected chi connectivity index (χ4v) is 2.96. The zero-order valence-corrected chi connectivity index (χ0v) is 14.0. The van der Waals surface area contributed by atoms with Gasteiger partial charge in [-0.1, -0.05) is 0 Å². The normalized spacial score (nSPS) is 11.8. The molecule has 1 atom stereocenters. The van der Waals surface area contributed by atoms with Gasteiger partial charge < -0.3 is 20.6 Å². The van der Waals surface area contributed by atoms with Crippen LogP contribution in [0.15, 0.2) is 23.1 Å². The summed E-state index contributed by atoms with van der Waals surface area (Å²) in [6.45, 7) is -0.424. The minimum absolute atomic E-state index is 0.0965. The maximum absolute atomic E-state index is 11.7. The monoisotopic (exact) mass is 376 g/mol. The highest BCUT2D eigenvalue weighted by atomic mass is 32.2. The van der Waals surface area contributed by atoms with Gasteiger partial charge in [-0.25, -0.2) is 0 Å². The van der Waals surface area contributed by atoms with E-state index in [4.69, 9.17) is 10.2 Å². The lowest BCUT2D eigenvalue weighted by atomic mass is 10.3. The molecule has 0 bridgehead atoms. The summed E-state index contributed by atoms with van der Waals surface area (Å²) < 4.78 is 0. The highest BCUT2D eigenvalue weighted by Crippen LogP contribution is 2.28. The molecular weight excluding hydrogens is 360 g/mol. The fourth-order valence-electron chi connectivity index (χ4n) is 1.52. The number of anilines is 1. The van der Waals surface area contributed by atoms with Crippen molar-refractivity contribution < 1.29 is 29.8 Å². The molecule has 0 heterocycles. The van der Waals surface area contributed by atoms with Crippen molar-refractivity contribution in [2.45, 2.75) is 11.0 Å². The molecule has 4 N–H and O–H groups in total. The van der Waals surface area contributed by atoms with E-state index < -0.39 is 29.5 Å². The number of rotatable bonds is 10. The van der Waals surface area contributed by atoms with Crippen molar-refractivity contribution in [1.82, 2.24) is 0 Å². The van der Waals surface area contributed by atoms with Crippen molar-refractivity contribution in [3.8, 4) is 0 Å². The number of nitro benzene ring substituents is 1. The number of aliphatic hydroxyl groups excluding tert-OH is 2. The Bertz CT molecular complexity index is 612.